The zero-order valence-corrected chi connectivity index (χ0v) is 15.7. The molecule has 136 valence electrons. The van der Waals surface area contributed by atoms with Crippen LogP contribution in [0.25, 0.3) is 0 Å². The van der Waals surface area contributed by atoms with Crippen LogP contribution >= 0.6 is 0 Å². The van der Waals surface area contributed by atoms with Crippen molar-refractivity contribution in [3.8, 4) is 0 Å². The van der Waals surface area contributed by atoms with E-state index in [9.17, 15) is 9.90 Å². The Kier molecular flexibility index (Phi) is 3.30. The predicted molar refractivity (Wildman–Crippen MR) is 97.9 cm³/mol. The number of carbonyl (C=O) groups excluding carboxylic acids is 1. The van der Waals surface area contributed by atoms with Crippen LogP contribution < -0.4 is 0 Å². The number of fused-ring (bicyclic) bond motifs is 4. The van der Waals surface area contributed by atoms with Gasteiger partial charge >= 0.3 is 0 Å². The number of aliphatic hydroxyl groups excluding tert-OH is 1. The van der Waals surface area contributed by atoms with E-state index in [1.54, 1.807) is 6.08 Å². The Balaban J connectivity index is 1.55. The second-order valence-corrected chi connectivity index (χ2v) is 9.87. The molecule has 3 nitrogen and oxygen atoms in total. The summed E-state index contributed by atoms with van der Waals surface area (Å²) in [6.07, 6.45) is 11.3. The highest BCUT2D eigenvalue weighted by atomic mass is 16.3. The van der Waals surface area contributed by atoms with Crippen molar-refractivity contribution in [2.45, 2.75) is 58.1 Å². The van der Waals surface area contributed by atoms with Gasteiger partial charge in [0.2, 0.25) is 0 Å². The predicted octanol–water partition coefficient (Wildman–Crippen LogP) is 3.20. The minimum atomic E-state index is -0.243. The number of likely N-dealkylation sites (tertiary alicyclic amines) is 1. The molecule has 0 bridgehead atoms. The highest BCUT2D eigenvalue weighted by molar-refractivity contribution is 6.01. The Labute approximate surface area is 151 Å². The first kappa shape index (κ1) is 16.3. The number of hydrogen-bond donors (Lipinski definition) is 1. The van der Waals surface area contributed by atoms with Crippen molar-refractivity contribution in [1.82, 2.24) is 4.90 Å². The fraction of sp³-hybridized carbons (Fsp3) is 0.773. The normalized spacial score (nSPS) is 54.6. The molecule has 0 unspecified atom stereocenters. The van der Waals surface area contributed by atoms with Crippen molar-refractivity contribution in [3.63, 3.8) is 0 Å². The maximum absolute atomic E-state index is 11.9. The van der Waals surface area contributed by atoms with Gasteiger partial charge in [-0.3, -0.25) is 4.79 Å². The third-order valence-electron chi connectivity index (χ3n) is 9.11. The number of nitrogens with zero attached hydrogens (tertiary/aromatic N) is 1. The standard InChI is InChI=1S/C22H31NO2/c1-13-17-6-7-18-16-5-4-14-10-15(24)8-9-21(14,2)20(16)19(25)11-22(17,18)12-23(13)3/h8-10,13,16-20,25H,4-7,11-12H2,1-3H3/t13-,16-,17+,18+,19+,20+,21-,22-/m0/s1. The van der Waals surface area contributed by atoms with Gasteiger partial charge in [-0.2, -0.15) is 0 Å². The Morgan fingerprint density at radius 3 is 2.80 bits per heavy atom. The van der Waals surface area contributed by atoms with E-state index in [4.69, 9.17) is 0 Å². The summed E-state index contributed by atoms with van der Waals surface area (Å²) in [5.74, 6) is 2.52. The molecule has 25 heavy (non-hydrogen) atoms. The van der Waals surface area contributed by atoms with Gasteiger partial charge in [0.1, 0.15) is 0 Å². The Morgan fingerprint density at radius 1 is 1.24 bits per heavy atom. The molecule has 1 heterocycles. The van der Waals surface area contributed by atoms with Crippen molar-refractivity contribution < 1.29 is 9.90 Å². The molecule has 1 aliphatic heterocycles. The molecule has 4 fully saturated rings. The summed E-state index contributed by atoms with van der Waals surface area (Å²) in [4.78, 5) is 14.4. The van der Waals surface area contributed by atoms with Gasteiger partial charge in [0.25, 0.3) is 0 Å². The molecule has 3 saturated carbocycles. The molecule has 0 aromatic carbocycles. The second kappa shape index (κ2) is 5.07. The molecular weight excluding hydrogens is 310 g/mol. The van der Waals surface area contributed by atoms with Crippen LogP contribution in [0.1, 0.15) is 46.0 Å². The molecule has 0 amide bonds. The van der Waals surface area contributed by atoms with Crippen LogP contribution in [0.3, 0.4) is 0 Å². The molecule has 1 saturated heterocycles. The first-order valence-corrected chi connectivity index (χ1v) is 10.2. The maximum Gasteiger partial charge on any atom is 0.178 e. The van der Waals surface area contributed by atoms with Crippen LogP contribution in [0.5, 0.6) is 0 Å². The summed E-state index contributed by atoms with van der Waals surface area (Å²) in [7, 11) is 2.27. The average Bonchev–Trinajstić information content (AvgIpc) is 3.02. The number of ketones is 1. The Hall–Kier alpha value is -0.930. The van der Waals surface area contributed by atoms with E-state index in [1.165, 1.54) is 18.4 Å². The summed E-state index contributed by atoms with van der Waals surface area (Å²) in [6, 6.07) is 0.649. The Morgan fingerprint density at radius 2 is 2.00 bits per heavy atom. The summed E-state index contributed by atoms with van der Waals surface area (Å²) < 4.78 is 0. The molecule has 3 heteroatoms. The topological polar surface area (TPSA) is 40.5 Å². The van der Waals surface area contributed by atoms with Crippen molar-refractivity contribution in [2.24, 2.45) is 34.5 Å². The zero-order chi connectivity index (χ0) is 17.6. The smallest absolute Gasteiger partial charge is 0.178 e. The van der Waals surface area contributed by atoms with Gasteiger partial charge in [-0.1, -0.05) is 18.6 Å². The number of carbonyl (C=O) groups is 1. The number of aliphatic hydroxyl groups is 1. The van der Waals surface area contributed by atoms with Gasteiger partial charge in [0.05, 0.1) is 6.10 Å². The fourth-order valence-corrected chi connectivity index (χ4v) is 8.09. The largest absolute Gasteiger partial charge is 0.393 e. The highest BCUT2D eigenvalue weighted by Crippen LogP contribution is 2.68. The lowest BCUT2D eigenvalue weighted by molar-refractivity contribution is -0.117. The van der Waals surface area contributed by atoms with Gasteiger partial charge in [-0.15, -0.1) is 0 Å². The summed E-state index contributed by atoms with van der Waals surface area (Å²) in [6.45, 7) is 5.83. The van der Waals surface area contributed by atoms with E-state index in [0.29, 0.717) is 17.4 Å². The first-order valence-electron chi connectivity index (χ1n) is 10.2. The molecule has 0 aromatic rings. The highest BCUT2D eigenvalue weighted by Gasteiger charge is 2.66. The van der Waals surface area contributed by atoms with Crippen LogP contribution in [0.15, 0.2) is 23.8 Å². The third kappa shape index (κ3) is 1.92. The minimum absolute atomic E-state index is 0.119. The van der Waals surface area contributed by atoms with E-state index < -0.39 is 0 Å². The lowest BCUT2D eigenvalue weighted by atomic mass is 9.46. The Bertz CT molecular complexity index is 682. The molecule has 4 aliphatic carbocycles. The molecule has 1 spiro atoms. The van der Waals surface area contributed by atoms with Gasteiger partial charge in [-0.25, -0.2) is 0 Å². The monoisotopic (exact) mass is 341 g/mol. The lowest BCUT2D eigenvalue weighted by Crippen LogP contribution is -2.57. The van der Waals surface area contributed by atoms with E-state index >= 15 is 0 Å². The van der Waals surface area contributed by atoms with E-state index in [-0.39, 0.29) is 23.2 Å². The molecule has 8 atom stereocenters. The zero-order valence-electron chi connectivity index (χ0n) is 15.7. The summed E-state index contributed by atoms with van der Waals surface area (Å²) in [5, 5.41) is 11.4. The SMILES string of the molecule is C[C@H]1[C@H]2CC[C@@H]3[C@@H]4CCC5=CC(=O)C=C[C@]5(C)[C@H]4[C@H](O)C[C@@]32CN1C. The van der Waals surface area contributed by atoms with Gasteiger partial charge < -0.3 is 10.0 Å². The molecule has 1 N–H and O–H groups in total. The van der Waals surface area contributed by atoms with E-state index in [1.807, 2.05) is 6.08 Å². The van der Waals surface area contributed by atoms with Gasteiger partial charge in [-0.05, 0) is 81.4 Å². The number of hydrogen-bond acceptors (Lipinski definition) is 3. The van der Waals surface area contributed by atoms with Crippen molar-refractivity contribution in [3.05, 3.63) is 23.8 Å². The molecule has 0 radical (unpaired) electrons. The number of rotatable bonds is 0. The molecule has 0 aromatic heterocycles. The molecule has 5 rings (SSSR count). The number of allylic oxidation sites excluding steroid dienone is 4. The van der Waals surface area contributed by atoms with Gasteiger partial charge in [0.15, 0.2) is 5.78 Å². The van der Waals surface area contributed by atoms with Crippen LogP contribution in [0, 0.1) is 34.5 Å². The lowest BCUT2D eigenvalue weighted by Gasteiger charge is -2.58. The second-order valence-electron chi connectivity index (χ2n) is 9.87. The summed E-state index contributed by atoms with van der Waals surface area (Å²) >= 11 is 0. The van der Waals surface area contributed by atoms with Crippen LogP contribution in [0.2, 0.25) is 0 Å². The first-order chi connectivity index (χ1) is 11.9. The molecular formula is C22H31NO2. The van der Waals surface area contributed by atoms with Gasteiger partial charge in [0, 0.05) is 23.9 Å². The van der Waals surface area contributed by atoms with Crippen molar-refractivity contribution in [1.29, 1.82) is 0 Å². The van der Waals surface area contributed by atoms with E-state index in [0.717, 1.165) is 37.6 Å². The summed E-state index contributed by atoms with van der Waals surface area (Å²) in [5.41, 5.74) is 1.48. The fourth-order valence-electron chi connectivity index (χ4n) is 8.09. The average molecular weight is 341 g/mol. The maximum atomic E-state index is 11.9. The van der Waals surface area contributed by atoms with Crippen molar-refractivity contribution >= 4 is 5.78 Å². The third-order valence-corrected chi connectivity index (χ3v) is 9.11. The van der Waals surface area contributed by atoms with Crippen LogP contribution in [-0.2, 0) is 4.79 Å². The quantitative estimate of drug-likeness (QED) is 0.735. The van der Waals surface area contributed by atoms with Crippen molar-refractivity contribution in [2.75, 3.05) is 13.6 Å². The van der Waals surface area contributed by atoms with Crippen LogP contribution in [0.4, 0.5) is 0 Å². The van der Waals surface area contributed by atoms with E-state index in [2.05, 4.69) is 31.9 Å². The minimum Gasteiger partial charge on any atom is -0.393 e. The molecule has 5 aliphatic rings. The van der Waals surface area contributed by atoms with Crippen LogP contribution in [-0.4, -0.2) is 41.5 Å².